The second-order valence-corrected chi connectivity index (χ2v) is 7.15. The van der Waals surface area contributed by atoms with E-state index in [0.29, 0.717) is 11.8 Å². The zero-order chi connectivity index (χ0) is 17.1. The molecule has 0 radical (unpaired) electrons. The van der Waals surface area contributed by atoms with Gasteiger partial charge in [0.25, 0.3) is 5.91 Å². The van der Waals surface area contributed by atoms with Crippen LogP contribution in [0.15, 0.2) is 12.3 Å². The van der Waals surface area contributed by atoms with Crippen LogP contribution in [0, 0.1) is 19.8 Å². The molecule has 0 aliphatic carbocycles. The molecule has 0 aromatic carbocycles. The monoisotopic (exact) mass is 329 g/mol. The van der Waals surface area contributed by atoms with E-state index in [-0.39, 0.29) is 5.91 Å². The summed E-state index contributed by atoms with van der Waals surface area (Å²) in [7, 11) is 0. The van der Waals surface area contributed by atoms with Crippen LogP contribution in [0.25, 0.3) is 0 Å². The molecule has 3 rings (SSSR count). The quantitative estimate of drug-likeness (QED) is 0.853. The Labute approximate surface area is 144 Å². The fraction of sp³-hybridized carbons (Fsp3) is 0.632. The van der Waals surface area contributed by atoms with Crippen molar-refractivity contribution in [3.63, 3.8) is 0 Å². The first kappa shape index (κ1) is 16.9. The van der Waals surface area contributed by atoms with Crippen molar-refractivity contribution in [3.8, 4) is 0 Å². The molecular formula is C19H27N3O2. The zero-order valence-electron chi connectivity index (χ0n) is 14.8. The summed E-state index contributed by atoms with van der Waals surface area (Å²) in [6, 6.07) is 1.97. The van der Waals surface area contributed by atoms with Crippen molar-refractivity contribution in [2.24, 2.45) is 5.92 Å². The first-order chi connectivity index (χ1) is 11.5. The molecule has 0 bridgehead atoms. The number of hydrogen-bond acceptors (Lipinski definition) is 3. The zero-order valence-corrected chi connectivity index (χ0v) is 14.8. The van der Waals surface area contributed by atoms with Gasteiger partial charge in [-0.2, -0.15) is 0 Å². The molecule has 2 fully saturated rings. The van der Waals surface area contributed by atoms with Gasteiger partial charge in [0.15, 0.2) is 0 Å². The highest BCUT2D eigenvalue weighted by atomic mass is 16.2. The lowest BCUT2D eigenvalue weighted by Gasteiger charge is -2.33. The average Bonchev–Trinajstić information content (AvgIpc) is 2.98. The van der Waals surface area contributed by atoms with Crippen molar-refractivity contribution in [3.05, 3.63) is 29.1 Å². The summed E-state index contributed by atoms with van der Waals surface area (Å²) in [5.41, 5.74) is 2.67. The summed E-state index contributed by atoms with van der Waals surface area (Å²) in [6.07, 6.45) is 6.57. The average molecular weight is 329 g/mol. The first-order valence-electron chi connectivity index (χ1n) is 9.05. The van der Waals surface area contributed by atoms with Crippen LogP contribution in [0.2, 0.25) is 0 Å². The minimum Gasteiger partial charge on any atom is -0.343 e. The van der Waals surface area contributed by atoms with Crippen molar-refractivity contribution in [2.75, 3.05) is 26.2 Å². The lowest BCUT2D eigenvalue weighted by Crippen LogP contribution is -2.39. The van der Waals surface area contributed by atoms with Gasteiger partial charge < -0.3 is 9.80 Å². The molecule has 130 valence electrons. The molecule has 5 nitrogen and oxygen atoms in total. The van der Waals surface area contributed by atoms with Gasteiger partial charge in [0.1, 0.15) is 0 Å². The van der Waals surface area contributed by atoms with Crippen molar-refractivity contribution >= 4 is 11.8 Å². The molecule has 24 heavy (non-hydrogen) atoms. The van der Waals surface area contributed by atoms with E-state index in [1.54, 1.807) is 6.20 Å². The molecule has 5 heteroatoms. The molecule has 2 aliphatic heterocycles. The second kappa shape index (κ2) is 7.32. The fourth-order valence-electron chi connectivity index (χ4n) is 3.79. The lowest BCUT2D eigenvalue weighted by atomic mass is 9.93. The van der Waals surface area contributed by atoms with Gasteiger partial charge in [0.05, 0.1) is 5.56 Å². The summed E-state index contributed by atoms with van der Waals surface area (Å²) in [4.78, 5) is 32.6. The molecule has 2 aliphatic rings. The lowest BCUT2D eigenvalue weighted by molar-refractivity contribution is -0.127. The number of aryl methyl sites for hydroxylation is 2. The van der Waals surface area contributed by atoms with E-state index >= 15 is 0 Å². The van der Waals surface area contributed by atoms with Crippen LogP contribution in [0.4, 0.5) is 0 Å². The second-order valence-electron chi connectivity index (χ2n) is 7.15. The number of rotatable bonds is 4. The van der Waals surface area contributed by atoms with Gasteiger partial charge in [0.2, 0.25) is 5.91 Å². The van der Waals surface area contributed by atoms with E-state index in [0.717, 1.165) is 75.1 Å². The molecule has 0 spiro atoms. The normalized spacial score (nSPS) is 19.2. The Balaban J connectivity index is 1.49. The predicted molar refractivity (Wildman–Crippen MR) is 92.8 cm³/mol. The van der Waals surface area contributed by atoms with Gasteiger partial charge in [-0.1, -0.05) is 0 Å². The molecular weight excluding hydrogens is 302 g/mol. The maximum atomic E-state index is 12.7. The minimum atomic E-state index is 0.105. The summed E-state index contributed by atoms with van der Waals surface area (Å²) >= 11 is 0. The highest BCUT2D eigenvalue weighted by Crippen LogP contribution is 2.24. The third-order valence-corrected chi connectivity index (χ3v) is 5.36. The third kappa shape index (κ3) is 3.77. The van der Waals surface area contributed by atoms with Crippen LogP contribution < -0.4 is 0 Å². The molecule has 2 saturated heterocycles. The van der Waals surface area contributed by atoms with Crippen LogP contribution in [0.5, 0.6) is 0 Å². The van der Waals surface area contributed by atoms with Gasteiger partial charge in [-0.15, -0.1) is 0 Å². The van der Waals surface area contributed by atoms with E-state index in [1.165, 1.54) is 0 Å². The van der Waals surface area contributed by atoms with Crippen LogP contribution >= 0.6 is 0 Å². The van der Waals surface area contributed by atoms with E-state index in [9.17, 15) is 9.59 Å². The van der Waals surface area contributed by atoms with Gasteiger partial charge in [-0.05, 0) is 57.1 Å². The summed E-state index contributed by atoms with van der Waals surface area (Å²) in [6.45, 7) is 7.35. The molecule has 0 atom stereocenters. The number of piperidine rings is 1. The van der Waals surface area contributed by atoms with Crippen LogP contribution in [-0.2, 0) is 4.79 Å². The van der Waals surface area contributed by atoms with Crippen molar-refractivity contribution in [2.45, 2.75) is 46.0 Å². The highest BCUT2D eigenvalue weighted by Gasteiger charge is 2.26. The maximum absolute atomic E-state index is 12.7. The number of carbonyl (C=O) groups is 2. The number of amides is 2. The number of likely N-dealkylation sites (tertiary alicyclic amines) is 2. The third-order valence-electron chi connectivity index (χ3n) is 5.36. The van der Waals surface area contributed by atoms with Gasteiger partial charge in [-0.3, -0.25) is 14.6 Å². The molecule has 2 amide bonds. The van der Waals surface area contributed by atoms with Crippen LogP contribution in [0.3, 0.4) is 0 Å². The predicted octanol–water partition coefficient (Wildman–Crippen LogP) is 2.56. The molecule has 0 unspecified atom stereocenters. The molecule has 0 N–H and O–H groups in total. The smallest absolute Gasteiger partial charge is 0.255 e. The van der Waals surface area contributed by atoms with Crippen molar-refractivity contribution in [1.82, 2.24) is 14.8 Å². The number of aromatic nitrogens is 1. The van der Waals surface area contributed by atoms with Crippen LogP contribution in [0.1, 0.15) is 53.7 Å². The molecule has 1 aromatic rings. The Kier molecular flexibility index (Phi) is 5.17. The van der Waals surface area contributed by atoms with Crippen molar-refractivity contribution in [1.29, 1.82) is 0 Å². The first-order valence-corrected chi connectivity index (χ1v) is 9.05. The number of hydrogen-bond donors (Lipinski definition) is 0. The van der Waals surface area contributed by atoms with Crippen molar-refractivity contribution < 1.29 is 9.59 Å². The van der Waals surface area contributed by atoms with Crippen LogP contribution in [-0.4, -0.2) is 52.8 Å². The van der Waals surface area contributed by atoms with E-state index < -0.39 is 0 Å². The number of carbonyl (C=O) groups excluding carboxylic acids is 2. The standard InChI is InChI=1S/C19H27N3O2/c1-14-12-15(2)20-13-17(14)19(24)22-10-6-16(7-11-22)5-9-21-8-3-4-18(21)23/h12-13,16H,3-11H2,1-2H3. The van der Waals surface area contributed by atoms with E-state index in [2.05, 4.69) is 4.98 Å². The van der Waals surface area contributed by atoms with E-state index in [1.807, 2.05) is 29.7 Å². The Morgan fingerprint density at radius 2 is 2.00 bits per heavy atom. The van der Waals surface area contributed by atoms with Gasteiger partial charge in [-0.25, -0.2) is 0 Å². The summed E-state index contributed by atoms with van der Waals surface area (Å²) in [5, 5.41) is 0. The largest absolute Gasteiger partial charge is 0.343 e. The van der Waals surface area contributed by atoms with E-state index in [4.69, 9.17) is 0 Å². The Morgan fingerprint density at radius 3 is 2.62 bits per heavy atom. The molecule has 1 aromatic heterocycles. The topological polar surface area (TPSA) is 53.5 Å². The summed E-state index contributed by atoms with van der Waals surface area (Å²) < 4.78 is 0. The number of nitrogens with zero attached hydrogens (tertiary/aromatic N) is 3. The Hall–Kier alpha value is -1.91. The minimum absolute atomic E-state index is 0.105. The number of pyridine rings is 1. The fourth-order valence-corrected chi connectivity index (χ4v) is 3.79. The molecule has 3 heterocycles. The Morgan fingerprint density at radius 1 is 1.25 bits per heavy atom. The van der Waals surface area contributed by atoms with Gasteiger partial charge in [0, 0.05) is 44.5 Å². The SMILES string of the molecule is Cc1cc(C)c(C(=O)N2CCC(CCN3CCCC3=O)CC2)cn1. The Bertz CT molecular complexity index is 621. The summed E-state index contributed by atoms with van der Waals surface area (Å²) in [5.74, 6) is 1.04. The molecule has 0 saturated carbocycles. The maximum Gasteiger partial charge on any atom is 0.255 e. The van der Waals surface area contributed by atoms with Gasteiger partial charge >= 0.3 is 0 Å². The highest BCUT2D eigenvalue weighted by molar-refractivity contribution is 5.95.